The summed E-state index contributed by atoms with van der Waals surface area (Å²) in [6.45, 7) is 3.56. The number of hydrogen-bond acceptors (Lipinski definition) is 4. The van der Waals surface area contributed by atoms with Gasteiger partial charge in [-0.25, -0.2) is 0 Å². The van der Waals surface area contributed by atoms with E-state index in [0.717, 1.165) is 6.42 Å². The monoisotopic (exact) mass is 243 g/mol. The second-order valence-electron chi connectivity index (χ2n) is 4.30. The fourth-order valence-electron chi connectivity index (χ4n) is 1.63. The van der Waals surface area contributed by atoms with Gasteiger partial charge in [0.15, 0.2) is 0 Å². The Balaban J connectivity index is 2.30. The van der Waals surface area contributed by atoms with Crippen molar-refractivity contribution < 1.29 is 14.3 Å². The van der Waals surface area contributed by atoms with Gasteiger partial charge in [0.25, 0.3) is 0 Å². The van der Waals surface area contributed by atoms with Crippen molar-refractivity contribution in [1.82, 2.24) is 10.6 Å². The van der Waals surface area contributed by atoms with Gasteiger partial charge in [-0.2, -0.15) is 0 Å². The fraction of sp³-hybridized carbons (Fsp3) is 0.818. The first kappa shape index (κ1) is 13.9. The van der Waals surface area contributed by atoms with Crippen LogP contribution in [-0.4, -0.2) is 43.7 Å². The van der Waals surface area contributed by atoms with E-state index in [4.69, 9.17) is 10.5 Å². The Morgan fingerprint density at radius 1 is 1.29 bits per heavy atom. The molecule has 98 valence electrons. The minimum Gasteiger partial charge on any atom is -0.381 e. The molecule has 0 aromatic rings. The zero-order chi connectivity index (χ0) is 12.7. The van der Waals surface area contributed by atoms with Crippen LogP contribution in [0.5, 0.6) is 0 Å². The molecule has 17 heavy (non-hydrogen) atoms. The van der Waals surface area contributed by atoms with E-state index >= 15 is 0 Å². The van der Waals surface area contributed by atoms with E-state index in [2.05, 4.69) is 10.6 Å². The molecule has 1 aliphatic rings. The molecule has 0 aliphatic carbocycles. The molecule has 1 aliphatic heterocycles. The van der Waals surface area contributed by atoms with Crippen LogP contribution < -0.4 is 16.4 Å². The van der Waals surface area contributed by atoms with Gasteiger partial charge >= 0.3 is 0 Å². The van der Waals surface area contributed by atoms with Crippen LogP contribution in [0.4, 0.5) is 0 Å². The summed E-state index contributed by atoms with van der Waals surface area (Å²) in [6, 6.07) is 0. The molecule has 6 nitrogen and oxygen atoms in total. The Labute approximate surface area is 101 Å². The Bertz CT molecular complexity index is 275. The zero-order valence-electron chi connectivity index (χ0n) is 10.3. The van der Waals surface area contributed by atoms with E-state index in [-0.39, 0.29) is 18.4 Å². The lowest BCUT2D eigenvalue weighted by atomic mass is 9.90. The Morgan fingerprint density at radius 2 is 1.94 bits per heavy atom. The third-order valence-corrected chi connectivity index (χ3v) is 2.82. The van der Waals surface area contributed by atoms with Crippen LogP contribution in [0.2, 0.25) is 0 Å². The van der Waals surface area contributed by atoms with Gasteiger partial charge in [-0.1, -0.05) is 6.92 Å². The number of rotatable bonds is 5. The molecule has 0 radical (unpaired) electrons. The predicted molar refractivity (Wildman–Crippen MR) is 63.3 cm³/mol. The maximum atomic E-state index is 11.8. The molecule has 1 fully saturated rings. The van der Waals surface area contributed by atoms with E-state index in [1.807, 2.05) is 6.92 Å². The number of nitrogens with one attached hydrogen (secondary N) is 2. The molecule has 0 aromatic carbocycles. The van der Waals surface area contributed by atoms with Crippen LogP contribution in [0, 0.1) is 0 Å². The van der Waals surface area contributed by atoms with Gasteiger partial charge in [0, 0.05) is 19.8 Å². The predicted octanol–water partition coefficient (Wildman–Crippen LogP) is -0.863. The fourth-order valence-corrected chi connectivity index (χ4v) is 1.63. The molecular weight excluding hydrogens is 222 g/mol. The van der Waals surface area contributed by atoms with Crippen molar-refractivity contribution in [3.8, 4) is 0 Å². The maximum absolute atomic E-state index is 11.8. The van der Waals surface area contributed by atoms with Gasteiger partial charge in [0.05, 0.1) is 12.1 Å². The summed E-state index contributed by atoms with van der Waals surface area (Å²) in [5, 5.41) is 5.25. The second kappa shape index (κ2) is 6.56. The Kier molecular flexibility index (Phi) is 5.37. The molecule has 6 heteroatoms. The van der Waals surface area contributed by atoms with Crippen molar-refractivity contribution in [1.29, 1.82) is 0 Å². The summed E-state index contributed by atoms with van der Waals surface area (Å²) >= 11 is 0. The van der Waals surface area contributed by atoms with Crippen molar-refractivity contribution in [3.63, 3.8) is 0 Å². The normalized spacial score (nSPS) is 18.5. The number of amides is 2. The van der Waals surface area contributed by atoms with Crippen LogP contribution in [0.1, 0.15) is 26.2 Å². The topological polar surface area (TPSA) is 93.5 Å². The van der Waals surface area contributed by atoms with E-state index in [1.54, 1.807) is 0 Å². The van der Waals surface area contributed by atoms with Crippen LogP contribution in [0.15, 0.2) is 0 Å². The highest BCUT2D eigenvalue weighted by Gasteiger charge is 2.35. The third kappa shape index (κ3) is 4.32. The number of carbonyl (C=O) groups excluding carboxylic acids is 2. The molecule has 1 saturated heterocycles. The van der Waals surface area contributed by atoms with Gasteiger partial charge in [0.1, 0.15) is 0 Å². The summed E-state index contributed by atoms with van der Waals surface area (Å²) in [5.41, 5.74) is 5.08. The summed E-state index contributed by atoms with van der Waals surface area (Å²) in [4.78, 5) is 23.1. The molecule has 0 bridgehead atoms. The minimum atomic E-state index is -0.886. The molecule has 0 saturated carbocycles. The summed E-state index contributed by atoms with van der Waals surface area (Å²) in [5.74, 6) is -0.455. The smallest absolute Gasteiger partial charge is 0.240 e. The molecular formula is C11H21N3O3. The largest absolute Gasteiger partial charge is 0.381 e. The van der Waals surface area contributed by atoms with Gasteiger partial charge in [-0.15, -0.1) is 0 Å². The average molecular weight is 243 g/mol. The van der Waals surface area contributed by atoms with Crippen LogP contribution in [0.25, 0.3) is 0 Å². The van der Waals surface area contributed by atoms with E-state index in [1.165, 1.54) is 0 Å². The van der Waals surface area contributed by atoms with Crippen molar-refractivity contribution in [2.24, 2.45) is 5.73 Å². The molecule has 0 atom stereocenters. The van der Waals surface area contributed by atoms with Crippen LogP contribution in [-0.2, 0) is 14.3 Å². The summed E-state index contributed by atoms with van der Waals surface area (Å²) < 4.78 is 5.15. The number of nitrogens with two attached hydrogens (primary N) is 1. The molecule has 0 unspecified atom stereocenters. The molecule has 2 amide bonds. The molecule has 4 N–H and O–H groups in total. The number of ether oxygens (including phenoxy) is 1. The van der Waals surface area contributed by atoms with E-state index < -0.39 is 5.54 Å². The highest BCUT2D eigenvalue weighted by Crippen LogP contribution is 2.17. The van der Waals surface area contributed by atoms with Crippen molar-refractivity contribution >= 4 is 11.8 Å². The van der Waals surface area contributed by atoms with Crippen molar-refractivity contribution in [2.75, 3.05) is 26.3 Å². The average Bonchev–Trinajstić information content (AvgIpc) is 2.34. The van der Waals surface area contributed by atoms with E-state index in [0.29, 0.717) is 32.6 Å². The Hall–Kier alpha value is -1.14. The second-order valence-corrected chi connectivity index (χ2v) is 4.30. The lowest BCUT2D eigenvalue weighted by Crippen LogP contribution is -2.58. The summed E-state index contributed by atoms with van der Waals surface area (Å²) in [7, 11) is 0. The molecule has 0 aromatic heterocycles. The van der Waals surface area contributed by atoms with Crippen LogP contribution in [0.3, 0.4) is 0 Å². The Morgan fingerprint density at radius 3 is 2.53 bits per heavy atom. The maximum Gasteiger partial charge on any atom is 0.240 e. The van der Waals surface area contributed by atoms with Gasteiger partial charge in [-0.3, -0.25) is 9.59 Å². The molecule has 1 heterocycles. The highest BCUT2D eigenvalue weighted by atomic mass is 16.5. The van der Waals surface area contributed by atoms with Gasteiger partial charge in [-0.05, 0) is 19.3 Å². The van der Waals surface area contributed by atoms with Crippen molar-refractivity contribution in [3.05, 3.63) is 0 Å². The zero-order valence-corrected chi connectivity index (χ0v) is 10.3. The minimum absolute atomic E-state index is 0.0152. The van der Waals surface area contributed by atoms with Gasteiger partial charge in [0.2, 0.25) is 11.8 Å². The quantitative estimate of drug-likeness (QED) is 0.585. The van der Waals surface area contributed by atoms with Crippen molar-refractivity contribution in [2.45, 2.75) is 31.7 Å². The first-order valence-corrected chi connectivity index (χ1v) is 6.00. The van der Waals surface area contributed by atoms with E-state index in [9.17, 15) is 9.59 Å². The first-order chi connectivity index (χ1) is 8.08. The lowest BCUT2D eigenvalue weighted by Gasteiger charge is -2.31. The van der Waals surface area contributed by atoms with Gasteiger partial charge < -0.3 is 21.1 Å². The standard InChI is InChI=1S/C11H21N3O3/c1-2-5-13-9(15)8-14-10(16)11(12)3-6-17-7-4-11/h2-8,12H2,1H3,(H,13,15)(H,14,16). The molecule has 0 spiro atoms. The lowest BCUT2D eigenvalue weighted by molar-refractivity contribution is -0.132. The van der Waals surface area contributed by atoms with Crippen LogP contribution >= 0.6 is 0 Å². The third-order valence-electron chi connectivity index (χ3n) is 2.82. The SMILES string of the molecule is CCCNC(=O)CNC(=O)C1(N)CCOCC1. The molecule has 1 rings (SSSR count). The first-order valence-electron chi connectivity index (χ1n) is 6.00. The highest BCUT2D eigenvalue weighted by molar-refractivity contribution is 5.90. The number of carbonyl (C=O) groups is 2. The summed E-state index contributed by atoms with van der Waals surface area (Å²) in [6.07, 6.45) is 1.86. The number of hydrogen-bond donors (Lipinski definition) is 3.